The van der Waals surface area contributed by atoms with Gasteiger partial charge in [0.05, 0.1) is 5.75 Å². The Balaban J connectivity index is 2.45. The molecule has 0 heterocycles. The van der Waals surface area contributed by atoms with Gasteiger partial charge in [-0.25, -0.2) is 8.42 Å². The molecule has 0 aliphatic rings. The first-order chi connectivity index (χ1) is 8.79. The monoisotopic (exact) mass is 305 g/mol. The summed E-state index contributed by atoms with van der Waals surface area (Å²) in [6, 6.07) is 6.02. The molecule has 0 aromatic heterocycles. The molecule has 0 bridgehead atoms. The Bertz CT molecular complexity index is 544. The molecular weight excluding hydrogens is 290 g/mol. The molecule has 0 amide bonds. The number of rotatable bonds is 6. The quantitative estimate of drug-likeness (QED) is 0.797. The smallest absolute Gasteiger partial charge is 0.323 e. The molecule has 1 aromatic rings. The second-order valence-electron chi connectivity index (χ2n) is 4.22. The van der Waals surface area contributed by atoms with Crippen molar-refractivity contribution in [1.29, 1.82) is 0 Å². The number of halogens is 1. The van der Waals surface area contributed by atoms with Crippen molar-refractivity contribution in [3.63, 3.8) is 0 Å². The maximum atomic E-state index is 11.6. The van der Waals surface area contributed by atoms with E-state index in [0.29, 0.717) is 10.6 Å². The molecule has 0 aliphatic carbocycles. The maximum Gasteiger partial charge on any atom is 0.323 e. The maximum absolute atomic E-state index is 11.6. The van der Waals surface area contributed by atoms with Crippen molar-refractivity contribution in [3.05, 3.63) is 34.9 Å². The topological polar surface area (TPSA) is 86.5 Å². The van der Waals surface area contributed by atoms with Crippen LogP contribution < -0.4 is 5.73 Å². The highest BCUT2D eigenvalue weighted by molar-refractivity contribution is 7.90. The molecule has 1 unspecified atom stereocenters. The lowest BCUT2D eigenvalue weighted by atomic mass is 10.2. The van der Waals surface area contributed by atoms with Gasteiger partial charge in [-0.3, -0.25) is 4.79 Å². The molecule has 7 heteroatoms. The number of benzene rings is 1. The van der Waals surface area contributed by atoms with Crippen LogP contribution in [0, 0.1) is 0 Å². The third kappa shape index (κ3) is 6.04. The number of ether oxygens (including phenoxy) is 1. The Kier molecular flexibility index (Phi) is 5.78. The van der Waals surface area contributed by atoms with E-state index in [1.807, 2.05) is 0 Å². The number of carbonyl (C=O) groups is 1. The highest BCUT2D eigenvalue weighted by atomic mass is 35.5. The van der Waals surface area contributed by atoms with Crippen LogP contribution in [0.25, 0.3) is 0 Å². The number of nitrogens with two attached hydrogens (primary N) is 1. The van der Waals surface area contributed by atoms with Gasteiger partial charge in [0.25, 0.3) is 0 Å². The van der Waals surface area contributed by atoms with Gasteiger partial charge in [-0.15, -0.1) is 0 Å². The van der Waals surface area contributed by atoms with E-state index in [9.17, 15) is 13.2 Å². The Morgan fingerprint density at radius 3 is 2.63 bits per heavy atom. The van der Waals surface area contributed by atoms with Crippen molar-refractivity contribution in [3.8, 4) is 0 Å². The van der Waals surface area contributed by atoms with Crippen molar-refractivity contribution in [2.75, 3.05) is 12.0 Å². The van der Waals surface area contributed by atoms with Gasteiger partial charge in [0.15, 0.2) is 0 Å². The van der Waals surface area contributed by atoms with Gasteiger partial charge in [-0.2, -0.15) is 0 Å². The summed E-state index contributed by atoms with van der Waals surface area (Å²) < 4.78 is 26.9. The van der Waals surface area contributed by atoms with Crippen LogP contribution in [0.1, 0.15) is 12.0 Å². The fourth-order valence-corrected chi connectivity index (χ4v) is 2.20. The third-order valence-corrected chi connectivity index (χ3v) is 3.78. The first kappa shape index (κ1) is 15.9. The van der Waals surface area contributed by atoms with E-state index in [-0.39, 0.29) is 18.8 Å². The standard InChI is InChI=1S/C12H16ClNO4S/c1-19(16,17)7-6-11(14)12(15)18-8-9-4-2-3-5-10(9)13/h2-5,11H,6-8,14H2,1H3. The summed E-state index contributed by atoms with van der Waals surface area (Å²) >= 11 is 5.91. The van der Waals surface area contributed by atoms with Crippen LogP contribution in [0.15, 0.2) is 24.3 Å². The van der Waals surface area contributed by atoms with Crippen LogP contribution >= 0.6 is 11.6 Å². The van der Waals surface area contributed by atoms with Crippen molar-refractivity contribution in [2.24, 2.45) is 5.73 Å². The molecule has 5 nitrogen and oxygen atoms in total. The highest BCUT2D eigenvalue weighted by Crippen LogP contribution is 2.15. The predicted molar refractivity (Wildman–Crippen MR) is 73.6 cm³/mol. The minimum atomic E-state index is -3.14. The van der Waals surface area contributed by atoms with Gasteiger partial charge < -0.3 is 10.5 Å². The van der Waals surface area contributed by atoms with Crippen LogP contribution in [-0.4, -0.2) is 32.4 Å². The predicted octanol–water partition coefficient (Wildman–Crippen LogP) is 1.15. The molecule has 1 atom stereocenters. The molecule has 0 radical (unpaired) electrons. The summed E-state index contributed by atoms with van der Waals surface area (Å²) in [5.74, 6) is -0.779. The third-order valence-electron chi connectivity index (χ3n) is 2.43. The van der Waals surface area contributed by atoms with Gasteiger partial charge in [-0.05, 0) is 12.5 Å². The fraction of sp³-hybridized carbons (Fsp3) is 0.417. The summed E-state index contributed by atoms with van der Waals surface area (Å²) in [6.45, 7) is 0.0189. The van der Waals surface area contributed by atoms with Crippen molar-refractivity contribution < 1.29 is 17.9 Å². The average molecular weight is 306 g/mol. The number of esters is 1. The lowest BCUT2D eigenvalue weighted by molar-refractivity contribution is -0.146. The summed E-state index contributed by atoms with van der Waals surface area (Å²) in [6.07, 6.45) is 1.13. The van der Waals surface area contributed by atoms with E-state index in [2.05, 4.69) is 0 Å². The van der Waals surface area contributed by atoms with E-state index in [1.54, 1.807) is 24.3 Å². The molecular formula is C12H16ClNO4S. The second kappa shape index (κ2) is 6.88. The zero-order chi connectivity index (χ0) is 14.5. The Labute approximate surface area is 117 Å². The van der Waals surface area contributed by atoms with Gasteiger partial charge in [0.1, 0.15) is 22.5 Å². The Morgan fingerprint density at radius 1 is 1.42 bits per heavy atom. The number of carbonyl (C=O) groups excluding carboxylic acids is 1. The Morgan fingerprint density at radius 2 is 2.05 bits per heavy atom. The van der Waals surface area contributed by atoms with Crippen LogP contribution in [-0.2, 0) is 26.0 Å². The Hall–Kier alpha value is -1.11. The minimum absolute atomic E-state index is 0.0189. The molecule has 0 spiro atoms. The van der Waals surface area contributed by atoms with E-state index in [0.717, 1.165) is 6.26 Å². The summed E-state index contributed by atoms with van der Waals surface area (Å²) in [4.78, 5) is 11.6. The lowest BCUT2D eigenvalue weighted by Crippen LogP contribution is -2.34. The summed E-state index contributed by atoms with van der Waals surface area (Å²) in [5.41, 5.74) is 6.23. The molecule has 1 rings (SSSR count). The number of hydrogen-bond donors (Lipinski definition) is 1. The van der Waals surface area contributed by atoms with Crippen LogP contribution in [0.5, 0.6) is 0 Å². The van der Waals surface area contributed by atoms with Gasteiger partial charge in [0, 0.05) is 16.8 Å². The molecule has 0 saturated carbocycles. The van der Waals surface area contributed by atoms with E-state index in [4.69, 9.17) is 22.1 Å². The fourth-order valence-electron chi connectivity index (χ4n) is 1.33. The van der Waals surface area contributed by atoms with Crippen LogP contribution in [0.3, 0.4) is 0 Å². The van der Waals surface area contributed by atoms with Gasteiger partial charge in [0.2, 0.25) is 0 Å². The van der Waals surface area contributed by atoms with Crippen LogP contribution in [0.2, 0.25) is 5.02 Å². The molecule has 2 N–H and O–H groups in total. The van der Waals surface area contributed by atoms with Crippen molar-refractivity contribution in [2.45, 2.75) is 19.1 Å². The number of sulfone groups is 1. The average Bonchev–Trinajstić information content (AvgIpc) is 2.33. The van der Waals surface area contributed by atoms with Crippen molar-refractivity contribution >= 4 is 27.4 Å². The van der Waals surface area contributed by atoms with Crippen molar-refractivity contribution in [1.82, 2.24) is 0 Å². The zero-order valence-corrected chi connectivity index (χ0v) is 12.1. The lowest BCUT2D eigenvalue weighted by Gasteiger charge is -2.11. The summed E-state index contributed by atoms with van der Waals surface area (Å²) in [7, 11) is -3.14. The number of hydrogen-bond acceptors (Lipinski definition) is 5. The summed E-state index contributed by atoms with van der Waals surface area (Å²) in [5, 5.41) is 0.500. The first-order valence-corrected chi connectivity index (χ1v) is 8.07. The molecule has 106 valence electrons. The molecule has 0 aliphatic heterocycles. The van der Waals surface area contributed by atoms with Gasteiger partial charge >= 0.3 is 5.97 Å². The molecule has 1 aromatic carbocycles. The van der Waals surface area contributed by atoms with E-state index in [1.165, 1.54) is 0 Å². The largest absolute Gasteiger partial charge is 0.460 e. The molecule has 0 fully saturated rings. The van der Waals surface area contributed by atoms with Gasteiger partial charge in [-0.1, -0.05) is 29.8 Å². The minimum Gasteiger partial charge on any atom is -0.460 e. The molecule has 0 saturated heterocycles. The normalized spacial score (nSPS) is 13.0. The van der Waals surface area contributed by atoms with E-state index < -0.39 is 21.8 Å². The SMILES string of the molecule is CS(=O)(=O)CCC(N)C(=O)OCc1ccccc1Cl. The zero-order valence-electron chi connectivity index (χ0n) is 10.5. The molecule has 19 heavy (non-hydrogen) atoms. The highest BCUT2D eigenvalue weighted by Gasteiger charge is 2.17. The van der Waals surface area contributed by atoms with E-state index >= 15 is 0 Å². The van der Waals surface area contributed by atoms with Crippen LogP contribution in [0.4, 0.5) is 0 Å². The first-order valence-electron chi connectivity index (χ1n) is 5.63. The second-order valence-corrected chi connectivity index (χ2v) is 6.89.